The van der Waals surface area contributed by atoms with E-state index in [9.17, 15) is 9.59 Å². The van der Waals surface area contributed by atoms with Crippen molar-refractivity contribution in [3.8, 4) is 0 Å². The van der Waals surface area contributed by atoms with Crippen molar-refractivity contribution >= 4 is 23.3 Å². The van der Waals surface area contributed by atoms with Crippen molar-refractivity contribution in [2.75, 3.05) is 33.7 Å². The maximum atomic E-state index is 13.3. The Kier molecular flexibility index (Phi) is 6.39. The molecule has 0 spiro atoms. The normalized spacial score (nSPS) is 15.9. The fourth-order valence-corrected chi connectivity index (χ4v) is 4.65. The monoisotopic (exact) mass is 399 g/mol. The van der Waals surface area contributed by atoms with E-state index in [0.29, 0.717) is 13.1 Å². The van der Waals surface area contributed by atoms with Crippen LogP contribution in [0.3, 0.4) is 0 Å². The molecule has 6 heteroatoms. The van der Waals surface area contributed by atoms with Crippen LogP contribution >= 0.6 is 11.3 Å². The van der Waals surface area contributed by atoms with Crippen molar-refractivity contribution in [3.05, 3.63) is 57.3 Å². The highest BCUT2D eigenvalue weighted by atomic mass is 32.1. The summed E-state index contributed by atoms with van der Waals surface area (Å²) >= 11 is 1.76. The first-order valence-electron chi connectivity index (χ1n) is 9.81. The van der Waals surface area contributed by atoms with Crippen molar-refractivity contribution in [1.82, 2.24) is 14.7 Å². The third-order valence-electron chi connectivity index (χ3n) is 5.15. The Morgan fingerprint density at radius 3 is 2.54 bits per heavy atom. The molecule has 3 rings (SSSR count). The van der Waals surface area contributed by atoms with Gasteiger partial charge in [-0.05, 0) is 42.3 Å². The molecule has 0 saturated carbocycles. The summed E-state index contributed by atoms with van der Waals surface area (Å²) in [5, 5.41) is 2.11. The summed E-state index contributed by atoms with van der Waals surface area (Å²) in [6.07, 6.45) is 1.69. The second-order valence-corrected chi connectivity index (χ2v) is 8.55. The molecular weight excluding hydrogens is 370 g/mol. The second-order valence-electron chi connectivity index (χ2n) is 7.55. The number of amides is 3. The van der Waals surface area contributed by atoms with Crippen LogP contribution in [0.4, 0.5) is 4.79 Å². The van der Waals surface area contributed by atoms with Crippen LogP contribution < -0.4 is 0 Å². The van der Waals surface area contributed by atoms with E-state index in [2.05, 4.69) is 42.6 Å². The third-order valence-corrected chi connectivity index (χ3v) is 6.15. The Bertz CT molecular complexity index is 829. The van der Waals surface area contributed by atoms with Gasteiger partial charge in [-0.25, -0.2) is 4.79 Å². The number of thiophene rings is 1. The first-order chi connectivity index (χ1) is 13.4. The number of aryl methyl sites for hydroxylation is 1. The summed E-state index contributed by atoms with van der Waals surface area (Å²) in [7, 11) is 3.45. The van der Waals surface area contributed by atoms with Gasteiger partial charge < -0.3 is 14.7 Å². The maximum absolute atomic E-state index is 13.3. The van der Waals surface area contributed by atoms with Crippen LogP contribution in [0, 0.1) is 6.92 Å². The molecular formula is C22H29N3O2S. The average Bonchev–Trinajstić information content (AvgIpc) is 3.15. The van der Waals surface area contributed by atoms with Gasteiger partial charge >= 0.3 is 6.03 Å². The summed E-state index contributed by atoms with van der Waals surface area (Å²) in [6.45, 7) is 5.47. The highest BCUT2D eigenvalue weighted by molar-refractivity contribution is 7.10. The molecule has 2 heterocycles. The SMILES string of the molecule is CCCN(CC(=O)N1CCc2sccc2[C@@H]1c1ccc(C)cc1)C(=O)N(C)C. The summed E-state index contributed by atoms with van der Waals surface area (Å²) in [5.41, 5.74) is 3.54. The maximum Gasteiger partial charge on any atom is 0.319 e. The minimum atomic E-state index is -0.115. The van der Waals surface area contributed by atoms with Crippen LogP contribution in [0.5, 0.6) is 0 Å². The van der Waals surface area contributed by atoms with Gasteiger partial charge in [0.1, 0.15) is 6.54 Å². The molecule has 150 valence electrons. The van der Waals surface area contributed by atoms with Crippen LogP contribution in [0.1, 0.15) is 41.0 Å². The van der Waals surface area contributed by atoms with Gasteiger partial charge in [0.05, 0.1) is 6.04 Å². The molecule has 0 aliphatic carbocycles. The zero-order valence-electron chi connectivity index (χ0n) is 17.1. The first kappa shape index (κ1) is 20.4. The van der Waals surface area contributed by atoms with Gasteiger partial charge in [-0.2, -0.15) is 0 Å². The molecule has 5 nitrogen and oxygen atoms in total. The molecule has 0 radical (unpaired) electrons. The van der Waals surface area contributed by atoms with Gasteiger partial charge in [0.15, 0.2) is 0 Å². The van der Waals surface area contributed by atoms with Gasteiger partial charge in [0, 0.05) is 32.1 Å². The highest BCUT2D eigenvalue weighted by Gasteiger charge is 2.34. The number of carbonyl (C=O) groups is 2. The number of urea groups is 1. The lowest BCUT2D eigenvalue weighted by Crippen LogP contribution is -2.49. The van der Waals surface area contributed by atoms with Crippen LogP contribution in [0.15, 0.2) is 35.7 Å². The number of benzene rings is 1. The molecule has 0 N–H and O–H groups in total. The number of rotatable bonds is 5. The van der Waals surface area contributed by atoms with Crippen molar-refractivity contribution < 1.29 is 9.59 Å². The van der Waals surface area contributed by atoms with E-state index in [0.717, 1.165) is 18.4 Å². The van der Waals surface area contributed by atoms with Gasteiger partial charge in [-0.1, -0.05) is 36.8 Å². The molecule has 28 heavy (non-hydrogen) atoms. The fraction of sp³-hybridized carbons (Fsp3) is 0.455. The minimum absolute atomic E-state index is 0.00562. The minimum Gasteiger partial charge on any atom is -0.331 e. The number of hydrogen-bond donors (Lipinski definition) is 0. The predicted molar refractivity (Wildman–Crippen MR) is 114 cm³/mol. The van der Waals surface area contributed by atoms with Crippen molar-refractivity contribution in [1.29, 1.82) is 0 Å². The van der Waals surface area contributed by atoms with E-state index in [1.54, 1.807) is 30.3 Å². The number of fused-ring (bicyclic) bond motifs is 1. The molecule has 1 aliphatic rings. The predicted octanol–water partition coefficient (Wildman–Crippen LogP) is 3.92. The number of carbonyl (C=O) groups excluding carboxylic acids is 2. The Balaban J connectivity index is 1.89. The van der Waals surface area contributed by atoms with E-state index in [-0.39, 0.29) is 24.5 Å². The molecule has 0 saturated heterocycles. The van der Waals surface area contributed by atoms with Crippen LogP contribution in [-0.2, 0) is 11.2 Å². The molecule has 0 fully saturated rings. The molecule has 3 amide bonds. The first-order valence-corrected chi connectivity index (χ1v) is 10.7. The van der Waals surface area contributed by atoms with E-state index in [1.807, 2.05) is 11.8 Å². The lowest BCUT2D eigenvalue weighted by molar-refractivity contribution is -0.134. The molecule has 1 aliphatic heterocycles. The summed E-state index contributed by atoms with van der Waals surface area (Å²) in [6, 6.07) is 10.4. The van der Waals surface area contributed by atoms with Crippen LogP contribution in [-0.4, -0.2) is 60.4 Å². The Labute approximate surface area is 171 Å². The van der Waals surface area contributed by atoms with Gasteiger partial charge in [0.25, 0.3) is 0 Å². The van der Waals surface area contributed by atoms with Crippen LogP contribution in [0.2, 0.25) is 0 Å². The van der Waals surface area contributed by atoms with Crippen molar-refractivity contribution in [2.24, 2.45) is 0 Å². The van der Waals surface area contributed by atoms with E-state index in [4.69, 9.17) is 0 Å². The quantitative estimate of drug-likeness (QED) is 0.765. The Hall–Kier alpha value is -2.34. The lowest BCUT2D eigenvalue weighted by Gasteiger charge is -2.38. The molecule has 2 aromatic rings. The van der Waals surface area contributed by atoms with Gasteiger partial charge in [-0.15, -0.1) is 11.3 Å². The van der Waals surface area contributed by atoms with Crippen LogP contribution in [0.25, 0.3) is 0 Å². The Morgan fingerprint density at radius 2 is 1.89 bits per heavy atom. The summed E-state index contributed by atoms with van der Waals surface area (Å²) in [4.78, 5) is 32.3. The third kappa shape index (κ3) is 4.22. The largest absolute Gasteiger partial charge is 0.331 e. The number of hydrogen-bond acceptors (Lipinski definition) is 3. The lowest BCUT2D eigenvalue weighted by atomic mass is 9.92. The molecule has 1 atom stereocenters. The summed E-state index contributed by atoms with van der Waals surface area (Å²) < 4.78 is 0. The van der Waals surface area contributed by atoms with E-state index >= 15 is 0 Å². The topological polar surface area (TPSA) is 43.9 Å². The molecule has 1 aromatic carbocycles. The van der Waals surface area contributed by atoms with Crippen molar-refractivity contribution in [2.45, 2.75) is 32.7 Å². The van der Waals surface area contributed by atoms with E-state index in [1.165, 1.54) is 20.9 Å². The van der Waals surface area contributed by atoms with Crippen molar-refractivity contribution in [3.63, 3.8) is 0 Å². The Morgan fingerprint density at radius 1 is 1.18 bits per heavy atom. The zero-order valence-corrected chi connectivity index (χ0v) is 18.0. The summed E-state index contributed by atoms with van der Waals surface area (Å²) in [5.74, 6) is 0.00562. The molecule has 0 unspecified atom stereocenters. The van der Waals surface area contributed by atoms with Gasteiger partial charge in [-0.3, -0.25) is 4.79 Å². The molecule has 1 aromatic heterocycles. The fourth-order valence-electron chi connectivity index (χ4n) is 3.74. The smallest absolute Gasteiger partial charge is 0.319 e. The second kappa shape index (κ2) is 8.78. The van der Waals surface area contributed by atoms with E-state index < -0.39 is 0 Å². The average molecular weight is 400 g/mol. The zero-order chi connectivity index (χ0) is 20.3. The highest BCUT2D eigenvalue weighted by Crippen LogP contribution is 2.37. The standard InChI is InChI=1S/C22H29N3O2S/c1-5-12-24(22(27)23(3)4)15-20(26)25-13-10-19-18(11-14-28-19)21(25)17-8-6-16(2)7-9-17/h6-9,11,14,21H,5,10,12-13,15H2,1-4H3/t21-/m0/s1. The number of nitrogens with zero attached hydrogens (tertiary/aromatic N) is 3. The van der Waals surface area contributed by atoms with Gasteiger partial charge in [0.2, 0.25) is 5.91 Å². The molecule has 0 bridgehead atoms.